The molecule has 3 rings (SSSR count). The minimum atomic E-state index is -0.0555. The zero-order chi connectivity index (χ0) is 16.2. The number of rotatable bonds is 4. The van der Waals surface area contributed by atoms with E-state index in [2.05, 4.69) is 11.4 Å². The molecule has 2 aromatic rings. The summed E-state index contributed by atoms with van der Waals surface area (Å²) in [6.07, 6.45) is 5.29. The van der Waals surface area contributed by atoms with Crippen LogP contribution in [-0.2, 0) is 24.1 Å². The molecule has 1 aromatic carbocycles. The highest BCUT2D eigenvalue weighted by Crippen LogP contribution is 2.37. The van der Waals surface area contributed by atoms with Gasteiger partial charge in [0.15, 0.2) is 0 Å². The first kappa shape index (κ1) is 16.0. The minimum Gasteiger partial charge on any atom is -0.317 e. The Kier molecular flexibility index (Phi) is 5.00. The van der Waals surface area contributed by atoms with Gasteiger partial charge in [-0.15, -0.1) is 11.3 Å². The van der Waals surface area contributed by atoms with E-state index >= 15 is 0 Å². The first-order valence-corrected chi connectivity index (χ1v) is 8.96. The average molecular weight is 345 g/mol. The van der Waals surface area contributed by atoms with Crippen LogP contribution in [-0.4, -0.2) is 5.91 Å². The lowest BCUT2D eigenvalue weighted by molar-refractivity contribution is -0.116. The van der Waals surface area contributed by atoms with Crippen molar-refractivity contribution in [2.45, 2.75) is 38.5 Å². The van der Waals surface area contributed by atoms with Gasteiger partial charge in [0, 0.05) is 16.3 Å². The molecule has 0 saturated carbocycles. The van der Waals surface area contributed by atoms with Crippen LogP contribution in [0.1, 0.15) is 40.8 Å². The lowest BCUT2D eigenvalue weighted by atomic mass is 9.96. The van der Waals surface area contributed by atoms with Crippen LogP contribution in [0.2, 0.25) is 5.02 Å². The van der Waals surface area contributed by atoms with Gasteiger partial charge in [0.05, 0.1) is 5.56 Å². The molecule has 3 nitrogen and oxygen atoms in total. The fourth-order valence-electron chi connectivity index (χ4n) is 2.91. The van der Waals surface area contributed by atoms with Crippen molar-refractivity contribution < 1.29 is 4.79 Å². The first-order chi connectivity index (χ1) is 11.2. The summed E-state index contributed by atoms with van der Waals surface area (Å²) in [6, 6.07) is 9.81. The summed E-state index contributed by atoms with van der Waals surface area (Å²) in [7, 11) is 0. The lowest BCUT2D eigenvalue weighted by Crippen LogP contribution is -2.12. The standard InChI is InChI=1S/C18H17ClN2OS/c19-13-5-3-4-12(10-13)8-9-17(22)21-18-15(11-20)14-6-1-2-7-16(14)23-18/h3-5,10H,1-2,6-9H2,(H,21,22). The largest absolute Gasteiger partial charge is 0.317 e. The first-order valence-electron chi connectivity index (χ1n) is 7.76. The van der Waals surface area contributed by atoms with Crippen molar-refractivity contribution in [1.29, 1.82) is 5.26 Å². The fraction of sp³-hybridized carbons (Fsp3) is 0.333. The summed E-state index contributed by atoms with van der Waals surface area (Å²) in [5.74, 6) is -0.0555. The molecule has 1 aliphatic rings. The minimum absolute atomic E-state index is 0.0555. The van der Waals surface area contributed by atoms with E-state index in [1.165, 1.54) is 11.3 Å². The van der Waals surface area contributed by atoms with Gasteiger partial charge in [-0.3, -0.25) is 4.79 Å². The highest BCUT2D eigenvalue weighted by molar-refractivity contribution is 7.16. The number of nitrogens with zero attached hydrogens (tertiary/aromatic N) is 1. The maximum absolute atomic E-state index is 12.2. The summed E-state index contributed by atoms with van der Waals surface area (Å²) in [6.45, 7) is 0. The van der Waals surface area contributed by atoms with Crippen molar-refractivity contribution in [3.05, 3.63) is 50.9 Å². The molecule has 1 aromatic heterocycles. The van der Waals surface area contributed by atoms with Crippen LogP contribution in [0.5, 0.6) is 0 Å². The Morgan fingerprint density at radius 2 is 2.17 bits per heavy atom. The van der Waals surface area contributed by atoms with E-state index in [0.29, 0.717) is 23.4 Å². The van der Waals surface area contributed by atoms with Crippen LogP contribution in [0.4, 0.5) is 5.00 Å². The van der Waals surface area contributed by atoms with Crippen molar-refractivity contribution in [2.24, 2.45) is 0 Å². The van der Waals surface area contributed by atoms with Crippen molar-refractivity contribution in [1.82, 2.24) is 0 Å². The van der Waals surface area contributed by atoms with E-state index in [4.69, 9.17) is 11.6 Å². The number of nitriles is 1. The smallest absolute Gasteiger partial charge is 0.225 e. The van der Waals surface area contributed by atoms with Gasteiger partial charge < -0.3 is 5.32 Å². The number of hydrogen-bond donors (Lipinski definition) is 1. The Hall–Kier alpha value is -1.83. The summed E-state index contributed by atoms with van der Waals surface area (Å²) >= 11 is 7.52. The number of thiophene rings is 1. The molecule has 1 N–H and O–H groups in total. The van der Waals surface area contributed by atoms with E-state index in [1.54, 1.807) is 11.3 Å². The maximum Gasteiger partial charge on any atom is 0.225 e. The monoisotopic (exact) mass is 344 g/mol. The van der Waals surface area contributed by atoms with Gasteiger partial charge in [-0.2, -0.15) is 5.26 Å². The number of hydrogen-bond acceptors (Lipinski definition) is 3. The molecular weight excluding hydrogens is 328 g/mol. The van der Waals surface area contributed by atoms with Crippen LogP contribution in [0.15, 0.2) is 24.3 Å². The van der Waals surface area contributed by atoms with Crippen LogP contribution in [0, 0.1) is 11.3 Å². The topological polar surface area (TPSA) is 52.9 Å². The van der Waals surface area contributed by atoms with Gasteiger partial charge in [-0.05, 0) is 55.4 Å². The molecule has 0 fully saturated rings. The lowest BCUT2D eigenvalue weighted by Gasteiger charge is -2.09. The molecule has 0 spiro atoms. The van der Waals surface area contributed by atoms with Crippen LogP contribution >= 0.6 is 22.9 Å². The summed E-state index contributed by atoms with van der Waals surface area (Å²) in [5, 5.41) is 13.7. The second kappa shape index (κ2) is 7.16. The van der Waals surface area contributed by atoms with Gasteiger partial charge >= 0.3 is 0 Å². The Morgan fingerprint density at radius 3 is 2.96 bits per heavy atom. The van der Waals surface area contributed by atoms with E-state index in [-0.39, 0.29) is 5.91 Å². The Bertz CT molecular complexity index is 776. The molecule has 0 radical (unpaired) electrons. The Morgan fingerprint density at radius 1 is 1.35 bits per heavy atom. The molecular formula is C18H17ClN2OS. The van der Waals surface area contributed by atoms with Gasteiger partial charge in [0.2, 0.25) is 5.91 Å². The molecule has 1 heterocycles. The van der Waals surface area contributed by atoms with E-state index in [9.17, 15) is 10.1 Å². The second-order valence-electron chi connectivity index (χ2n) is 5.70. The third kappa shape index (κ3) is 3.74. The quantitative estimate of drug-likeness (QED) is 0.872. The van der Waals surface area contributed by atoms with Gasteiger partial charge in [-0.25, -0.2) is 0 Å². The molecule has 23 heavy (non-hydrogen) atoms. The van der Waals surface area contributed by atoms with Gasteiger partial charge in [0.25, 0.3) is 0 Å². The van der Waals surface area contributed by atoms with Crippen molar-refractivity contribution >= 4 is 33.8 Å². The number of anilines is 1. The summed E-state index contributed by atoms with van der Waals surface area (Å²) in [5.41, 5.74) is 2.85. The molecule has 0 aliphatic heterocycles. The van der Waals surface area contributed by atoms with Crippen molar-refractivity contribution in [3.63, 3.8) is 0 Å². The van der Waals surface area contributed by atoms with Gasteiger partial charge in [-0.1, -0.05) is 23.7 Å². The normalized spacial score (nSPS) is 13.2. The predicted octanol–water partition coefficient (Wildman–Crippen LogP) is 4.72. The van der Waals surface area contributed by atoms with E-state index < -0.39 is 0 Å². The molecule has 118 valence electrons. The Balaban J connectivity index is 1.66. The molecule has 1 amide bonds. The summed E-state index contributed by atoms with van der Waals surface area (Å²) in [4.78, 5) is 13.5. The third-order valence-electron chi connectivity index (χ3n) is 4.07. The fourth-order valence-corrected chi connectivity index (χ4v) is 4.38. The number of benzene rings is 1. The number of fused-ring (bicyclic) bond motifs is 1. The number of nitrogens with one attached hydrogen (secondary N) is 1. The number of carbonyl (C=O) groups excluding carboxylic acids is 1. The maximum atomic E-state index is 12.2. The highest BCUT2D eigenvalue weighted by atomic mass is 35.5. The highest BCUT2D eigenvalue weighted by Gasteiger charge is 2.21. The average Bonchev–Trinajstić information content (AvgIpc) is 2.90. The van der Waals surface area contributed by atoms with Crippen LogP contribution in [0.25, 0.3) is 0 Å². The van der Waals surface area contributed by atoms with Crippen molar-refractivity contribution in [3.8, 4) is 6.07 Å². The third-order valence-corrected chi connectivity index (χ3v) is 5.51. The number of halogens is 1. The number of amides is 1. The predicted molar refractivity (Wildman–Crippen MR) is 94.1 cm³/mol. The SMILES string of the molecule is N#Cc1c(NC(=O)CCc2cccc(Cl)c2)sc2c1CCCC2. The van der Waals surface area contributed by atoms with Crippen molar-refractivity contribution in [2.75, 3.05) is 5.32 Å². The van der Waals surface area contributed by atoms with E-state index in [0.717, 1.165) is 35.4 Å². The molecule has 0 unspecified atom stereocenters. The molecule has 0 bridgehead atoms. The summed E-state index contributed by atoms with van der Waals surface area (Å²) < 4.78 is 0. The van der Waals surface area contributed by atoms with Crippen LogP contribution < -0.4 is 5.32 Å². The molecule has 5 heteroatoms. The van der Waals surface area contributed by atoms with Crippen LogP contribution in [0.3, 0.4) is 0 Å². The number of carbonyl (C=O) groups is 1. The zero-order valence-electron chi connectivity index (χ0n) is 12.7. The molecule has 0 atom stereocenters. The second-order valence-corrected chi connectivity index (χ2v) is 7.25. The van der Waals surface area contributed by atoms with Gasteiger partial charge in [0.1, 0.15) is 11.1 Å². The molecule has 1 aliphatic carbocycles. The number of aryl methyl sites for hydroxylation is 2. The van der Waals surface area contributed by atoms with E-state index in [1.807, 2.05) is 24.3 Å². The molecule has 0 saturated heterocycles. The Labute approximate surface area is 144 Å². The zero-order valence-corrected chi connectivity index (χ0v) is 14.3.